The minimum absolute atomic E-state index is 0.0456. The van der Waals surface area contributed by atoms with Gasteiger partial charge in [-0.3, -0.25) is 9.59 Å². The first-order chi connectivity index (χ1) is 12.7. The molecule has 1 heterocycles. The second-order valence-corrected chi connectivity index (χ2v) is 6.90. The summed E-state index contributed by atoms with van der Waals surface area (Å²) in [5.74, 6) is 1.76. The highest BCUT2D eigenvalue weighted by Gasteiger charge is 2.14. The predicted molar refractivity (Wildman–Crippen MR) is 106 cm³/mol. The number of aromatic nitrogens is 2. The molecule has 2 aromatic carbocycles. The highest BCUT2D eigenvalue weighted by molar-refractivity contribution is 7.99. The van der Waals surface area contributed by atoms with E-state index in [1.165, 1.54) is 5.56 Å². The largest absolute Gasteiger partial charge is 0.335 e. The Morgan fingerprint density at radius 1 is 1.12 bits per heavy atom. The zero-order chi connectivity index (χ0) is 18.4. The zero-order valence-corrected chi connectivity index (χ0v) is 15.5. The highest BCUT2D eigenvalue weighted by atomic mass is 32.2. The van der Waals surface area contributed by atoms with Gasteiger partial charge in [-0.1, -0.05) is 42.5 Å². The number of nitrogens with zero attached hydrogens (tertiary/aromatic N) is 2. The topological polar surface area (TPSA) is 66.1 Å². The van der Waals surface area contributed by atoms with Crippen LogP contribution in [0.4, 0.5) is 0 Å². The molecule has 0 fully saturated rings. The van der Waals surface area contributed by atoms with E-state index in [-0.39, 0.29) is 11.5 Å². The zero-order valence-electron chi connectivity index (χ0n) is 14.6. The predicted octanol–water partition coefficient (Wildman–Crippen LogP) is 3.21. The highest BCUT2D eigenvalue weighted by Crippen LogP contribution is 2.13. The Morgan fingerprint density at radius 2 is 1.85 bits per heavy atom. The Hall–Kier alpha value is -2.60. The van der Waals surface area contributed by atoms with Crippen LogP contribution >= 0.6 is 11.8 Å². The van der Waals surface area contributed by atoms with Gasteiger partial charge in [0.25, 0.3) is 5.56 Å². The van der Waals surface area contributed by atoms with E-state index in [0.29, 0.717) is 35.6 Å². The summed E-state index contributed by atoms with van der Waals surface area (Å²) in [5, 5.41) is 0.559. The number of rotatable bonds is 7. The van der Waals surface area contributed by atoms with Crippen LogP contribution < -0.4 is 5.56 Å². The molecule has 0 saturated carbocycles. The Balaban J connectivity index is 1.63. The van der Waals surface area contributed by atoms with Gasteiger partial charge < -0.3 is 9.88 Å². The monoisotopic (exact) mass is 367 g/mol. The first-order valence-electron chi connectivity index (χ1n) is 8.54. The summed E-state index contributed by atoms with van der Waals surface area (Å²) >= 11 is 1.59. The van der Waals surface area contributed by atoms with Crippen LogP contribution in [-0.2, 0) is 17.1 Å². The SMILES string of the molecule is CCN(Cc1nc2ccccc2c(=O)[nH]1)C(=O)CSCc1ccccc1. The molecule has 0 saturated heterocycles. The van der Waals surface area contributed by atoms with Gasteiger partial charge in [-0.15, -0.1) is 11.8 Å². The van der Waals surface area contributed by atoms with Crippen molar-refractivity contribution in [2.45, 2.75) is 19.2 Å². The van der Waals surface area contributed by atoms with E-state index in [1.54, 1.807) is 22.7 Å². The van der Waals surface area contributed by atoms with Crippen LogP contribution in [0.3, 0.4) is 0 Å². The third-order valence-electron chi connectivity index (χ3n) is 4.07. The number of para-hydroxylation sites is 1. The number of aromatic amines is 1. The molecule has 0 bridgehead atoms. The van der Waals surface area contributed by atoms with Gasteiger partial charge in [0.05, 0.1) is 23.2 Å². The normalized spacial score (nSPS) is 10.8. The van der Waals surface area contributed by atoms with Gasteiger partial charge >= 0.3 is 0 Å². The molecule has 0 aliphatic carbocycles. The smallest absolute Gasteiger partial charge is 0.258 e. The first kappa shape index (κ1) is 18.2. The number of thioether (sulfide) groups is 1. The van der Waals surface area contributed by atoms with E-state index >= 15 is 0 Å². The third-order valence-corrected chi connectivity index (χ3v) is 5.06. The number of carbonyl (C=O) groups excluding carboxylic acids is 1. The molecule has 134 valence electrons. The van der Waals surface area contributed by atoms with Crippen molar-refractivity contribution >= 4 is 28.6 Å². The Labute approximate surface area is 156 Å². The van der Waals surface area contributed by atoms with Crippen LogP contribution in [0.25, 0.3) is 10.9 Å². The van der Waals surface area contributed by atoms with Gasteiger partial charge in [0.1, 0.15) is 5.82 Å². The van der Waals surface area contributed by atoms with Gasteiger partial charge in [0, 0.05) is 12.3 Å². The molecule has 26 heavy (non-hydrogen) atoms. The summed E-state index contributed by atoms with van der Waals surface area (Å²) < 4.78 is 0. The molecule has 3 aromatic rings. The lowest BCUT2D eigenvalue weighted by atomic mass is 10.2. The van der Waals surface area contributed by atoms with Crippen molar-refractivity contribution in [1.82, 2.24) is 14.9 Å². The molecule has 0 radical (unpaired) electrons. The molecule has 3 rings (SSSR count). The minimum atomic E-state index is -0.174. The average Bonchev–Trinajstić information content (AvgIpc) is 2.67. The van der Waals surface area contributed by atoms with Crippen molar-refractivity contribution < 1.29 is 4.79 Å². The Morgan fingerprint density at radius 3 is 2.62 bits per heavy atom. The molecule has 0 aliphatic heterocycles. The van der Waals surface area contributed by atoms with Crippen LogP contribution in [0.15, 0.2) is 59.4 Å². The van der Waals surface area contributed by atoms with Gasteiger partial charge in [-0.2, -0.15) is 0 Å². The Kier molecular flexibility index (Phi) is 6.07. The summed E-state index contributed by atoms with van der Waals surface area (Å²) in [4.78, 5) is 33.6. The van der Waals surface area contributed by atoms with E-state index < -0.39 is 0 Å². The van der Waals surface area contributed by atoms with Crippen LogP contribution in [-0.4, -0.2) is 33.1 Å². The number of benzene rings is 2. The molecule has 1 aromatic heterocycles. The van der Waals surface area contributed by atoms with Gasteiger partial charge in [0.2, 0.25) is 5.91 Å². The van der Waals surface area contributed by atoms with Crippen LogP contribution in [0.1, 0.15) is 18.3 Å². The van der Waals surface area contributed by atoms with Gasteiger partial charge in [-0.05, 0) is 24.6 Å². The molecule has 1 amide bonds. The van der Waals surface area contributed by atoms with E-state index in [2.05, 4.69) is 22.1 Å². The fraction of sp³-hybridized carbons (Fsp3) is 0.250. The number of carbonyl (C=O) groups is 1. The average molecular weight is 367 g/mol. The maximum absolute atomic E-state index is 12.5. The van der Waals surface area contributed by atoms with Crippen LogP contribution in [0, 0.1) is 0 Å². The molecular formula is C20H21N3O2S. The molecule has 0 atom stereocenters. The van der Waals surface area contributed by atoms with Crippen molar-refractivity contribution in [3.05, 3.63) is 76.3 Å². The van der Waals surface area contributed by atoms with Crippen LogP contribution in [0.2, 0.25) is 0 Å². The Bertz CT molecular complexity index is 940. The molecule has 0 spiro atoms. The molecular weight excluding hydrogens is 346 g/mol. The van der Waals surface area contributed by atoms with E-state index in [4.69, 9.17) is 0 Å². The van der Waals surface area contributed by atoms with E-state index in [9.17, 15) is 9.59 Å². The summed E-state index contributed by atoms with van der Waals surface area (Å²) in [6.07, 6.45) is 0. The van der Waals surface area contributed by atoms with Crippen molar-refractivity contribution in [3.63, 3.8) is 0 Å². The second-order valence-electron chi connectivity index (χ2n) is 5.92. The van der Waals surface area contributed by atoms with E-state index in [0.717, 1.165) is 5.75 Å². The van der Waals surface area contributed by atoms with Crippen molar-refractivity contribution in [2.75, 3.05) is 12.3 Å². The summed E-state index contributed by atoms with van der Waals surface area (Å²) in [7, 11) is 0. The molecule has 6 heteroatoms. The lowest BCUT2D eigenvalue weighted by Gasteiger charge is -2.20. The van der Waals surface area contributed by atoms with Gasteiger partial charge in [0.15, 0.2) is 0 Å². The van der Waals surface area contributed by atoms with Gasteiger partial charge in [-0.25, -0.2) is 4.98 Å². The summed E-state index contributed by atoms with van der Waals surface area (Å²) in [5.41, 5.74) is 1.68. The number of fused-ring (bicyclic) bond motifs is 1. The fourth-order valence-electron chi connectivity index (χ4n) is 2.69. The van der Waals surface area contributed by atoms with Crippen molar-refractivity contribution in [2.24, 2.45) is 0 Å². The molecule has 0 unspecified atom stereocenters. The maximum Gasteiger partial charge on any atom is 0.258 e. The van der Waals surface area contributed by atoms with E-state index in [1.807, 2.05) is 43.3 Å². The van der Waals surface area contributed by atoms with Crippen molar-refractivity contribution in [1.29, 1.82) is 0 Å². The standard InChI is InChI=1S/C20H21N3O2S/c1-2-23(19(24)14-26-13-15-8-4-3-5-9-15)12-18-21-17-11-7-6-10-16(17)20(25)22-18/h3-11H,2,12-14H2,1H3,(H,21,22,25). The van der Waals surface area contributed by atoms with Crippen molar-refractivity contribution in [3.8, 4) is 0 Å². The molecule has 5 nitrogen and oxygen atoms in total. The maximum atomic E-state index is 12.5. The molecule has 0 aliphatic rings. The lowest BCUT2D eigenvalue weighted by molar-refractivity contribution is -0.128. The number of nitrogens with one attached hydrogen (secondary N) is 1. The number of H-pyrrole nitrogens is 1. The summed E-state index contributed by atoms with van der Waals surface area (Å²) in [6.45, 7) is 2.81. The lowest BCUT2D eigenvalue weighted by Crippen LogP contribution is -2.33. The number of hydrogen-bond donors (Lipinski definition) is 1. The minimum Gasteiger partial charge on any atom is -0.335 e. The number of amides is 1. The molecule has 1 N–H and O–H groups in total. The summed E-state index contributed by atoms with van der Waals surface area (Å²) in [6, 6.07) is 17.3. The quantitative estimate of drug-likeness (QED) is 0.696. The third kappa shape index (κ3) is 4.52. The fourth-order valence-corrected chi connectivity index (χ4v) is 3.58. The second kappa shape index (κ2) is 8.67. The number of hydrogen-bond acceptors (Lipinski definition) is 4. The first-order valence-corrected chi connectivity index (χ1v) is 9.70. The van der Waals surface area contributed by atoms with Crippen LogP contribution in [0.5, 0.6) is 0 Å².